The molecule has 3 heteroatoms. The minimum absolute atomic E-state index is 0.0897. The fourth-order valence-electron chi connectivity index (χ4n) is 2.10. The van der Waals surface area contributed by atoms with Gasteiger partial charge in [-0.25, -0.2) is 0 Å². The van der Waals surface area contributed by atoms with Crippen molar-refractivity contribution in [2.75, 3.05) is 19.8 Å². The van der Waals surface area contributed by atoms with Gasteiger partial charge in [-0.2, -0.15) is 0 Å². The van der Waals surface area contributed by atoms with Crippen molar-refractivity contribution in [2.24, 2.45) is 0 Å². The quantitative estimate of drug-likeness (QED) is 0.783. The highest BCUT2D eigenvalue weighted by Gasteiger charge is 2.13. The molecule has 0 radical (unpaired) electrons. The molecule has 3 nitrogen and oxygen atoms in total. The Hall–Kier alpha value is -1.06. The third-order valence-corrected chi connectivity index (χ3v) is 3.58. The molecule has 0 saturated carbocycles. The summed E-state index contributed by atoms with van der Waals surface area (Å²) >= 11 is 0. The molecule has 0 bridgehead atoms. The van der Waals surface area contributed by atoms with Crippen LogP contribution < -0.4 is 4.74 Å². The number of rotatable bonds is 6. The summed E-state index contributed by atoms with van der Waals surface area (Å²) in [6.45, 7) is 6.68. The minimum atomic E-state index is -0.0897. The topological polar surface area (TPSA) is 27.7 Å². The summed E-state index contributed by atoms with van der Waals surface area (Å²) in [7, 11) is 0. The van der Waals surface area contributed by atoms with Gasteiger partial charge in [-0.3, -0.25) is 0 Å². The van der Waals surface area contributed by atoms with Crippen molar-refractivity contribution in [1.82, 2.24) is 0 Å². The van der Waals surface area contributed by atoms with E-state index in [9.17, 15) is 0 Å². The first-order chi connectivity index (χ1) is 9.29. The molecule has 1 aromatic rings. The summed E-state index contributed by atoms with van der Waals surface area (Å²) in [5, 5.41) is 0. The Bertz CT molecular complexity index is 355. The molecule has 1 heterocycles. The largest absolute Gasteiger partial charge is 0.493 e. The van der Waals surface area contributed by atoms with Gasteiger partial charge in [-0.15, -0.1) is 0 Å². The SMILES string of the molecule is CCC(C)c1ccc(OCCC2OCCCO2)cc1. The van der Waals surface area contributed by atoms with E-state index in [1.807, 2.05) is 12.1 Å². The van der Waals surface area contributed by atoms with Gasteiger partial charge in [0.15, 0.2) is 6.29 Å². The lowest BCUT2D eigenvalue weighted by molar-refractivity contribution is -0.183. The lowest BCUT2D eigenvalue weighted by Crippen LogP contribution is -2.26. The van der Waals surface area contributed by atoms with Crippen molar-refractivity contribution in [3.05, 3.63) is 29.8 Å². The summed E-state index contributed by atoms with van der Waals surface area (Å²) < 4.78 is 16.7. The lowest BCUT2D eigenvalue weighted by Gasteiger charge is -2.23. The maximum absolute atomic E-state index is 5.72. The van der Waals surface area contributed by atoms with Gasteiger partial charge in [0, 0.05) is 6.42 Å². The first-order valence-corrected chi connectivity index (χ1v) is 7.25. The van der Waals surface area contributed by atoms with Gasteiger partial charge in [0.2, 0.25) is 0 Å². The Morgan fingerprint density at radius 3 is 2.53 bits per heavy atom. The van der Waals surface area contributed by atoms with Crippen LogP contribution in [0, 0.1) is 0 Å². The average Bonchev–Trinajstić information content (AvgIpc) is 2.48. The van der Waals surface area contributed by atoms with Crippen molar-refractivity contribution in [3.63, 3.8) is 0 Å². The molecule has 0 spiro atoms. The maximum Gasteiger partial charge on any atom is 0.160 e. The highest BCUT2D eigenvalue weighted by molar-refractivity contribution is 5.29. The second kappa shape index (κ2) is 7.51. The Morgan fingerprint density at radius 1 is 1.21 bits per heavy atom. The van der Waals surface area contributed by atoms with Crippen molar-refractivity contribution in [3.8, 4) is 5.75 Å². The lowest BCUT2D eigenvalue weighted by atomic mass is 9.99. The second-order valence-corrected chi connectivity index (χ2v) is 5.04. The van der Waals surface area contributed by atoms with E-state index < -0.39 is 0 Å². The van der Waals surface area contributed by atoms with E-state index in [2.05, 4.69) is 26.0 Å². The smallest absolute Gasteiger partial charge is 0.160 e. The average molecular weight is 264 g/mol. The zero-order chi connectivity index (χ0) is 13.5. The van der Waals surface area contributed by atoms with Crippen molar-refractivity contribution in [1.29, 1.82) is 0 Å². The van der Waals surface area contributed by atoms with Gasteiger partial charge in [0.1, 0.15) is 5.75 Å². The van der Waals surface area contributed by atoms with Gasteiger partial charge >= 0.3 is 0 Å². The van der Waals surface area contributed by atoms with Crippen LogP contribution in [0.5, 0.6) is 5.75 Å². The third-order valence-electron chi connectivity index (χ3n) is 3.58. The molecule has 19 heavy (non-hydrogen) atoms. The van der Waals surface area contributed by atoms with Crippen LogP contribution >= 0.6 is 0 Å². The molecule has 106 valence electrons. The molecule has 1 aliphatic heterocycles. The van der Waals surface area contributed by atoms with Crippen LogP contribution in [0.1, 0.15) is 44.6 Å². The van der Waals surface area contributed by atoms with Gasteiger partial charge in [0.25, 0.3) is 0 Å². The maximum atomic E-state index is 5.72. The highest BCUT2D eigenvalue weighted by Crippen LogP contribution is 2.21. The number of ether oxygens (including phenoxy) is 3. The van der Waals surface area contributed by atoms with Crippen LogP contribution in [0.3, 0.4) is 0 Å². The molecular formula is C16H24O3. The number of hydrogen-bond acceptors (Lipinski definition) is 3. The number of hydrogen-bond donors (Lipinski definition) is 0. The molecule has 1 atom stereocenters. The van der Waals surface area contributed by atoms with Crippen LogP contribution in [-0.4, -0.2) is 26.1 Å². The van der Waals surface area contributed by atoms with Gasteiger partial charge in [-0.1, -0.05) is 26.0 Å². The zero-order valence-electron chi connectivity index (χ0n) is 11.9. The van der Waals surface area contributed by atoms with E-state index in [0.717, 1.165) is 38.2 Å². The monoisotopic (exact) mass is 264 g/mol. The molecule has 0 N–H and O–H groups in total. The zero-order valence-corrected chi connectivity index (χ0v) is 11.9. The van der Waals surface area contributed by atoms with Crippen LogP contribution in [-0.2, 0) is 9.47 Å². The standard InChI is InChI=1S/C16H24O3/c1-3-13(2)14-5-7-15(8-6-14)17-12-9-16-18-10-4-11-19-16/h5-8,13,16H,3-4,9-12H2,1-2H3. The molecule has 0 aliphatic carbocycles. The van der Waals surface area contributed by atoms with E-state index in [1.54, 1.807) is 0 Å². The molecule has 0 amide bonds. The summed E-state index contributed by atoms with van der Waals surface area (Å²) in [4.78, 5) is 0. The van der Waals surface area contributed by atoms with Gasteiger partial charge in [0.05, 0.1) is 19.8 Å². The Labute approximate surface area is 115 Å². The van der Waals surface area contributed by atoms with E-state index in [0.29, 0.717) is 12.5 Å². The molecule has 1 unspecified atom stereocenters. The van der Waals surface area contributed by atoms with Crippen LogP contribution in [0.25, 0.3) is 0 Å². The Morgan fingerprint density at radius 2 is 1.89 bits per heavy atom. The van der Waals surface area contributed by atoms with Crippen molar-refractivity contribution < 1.29 is 14.2 Å². The molecule has 1 aromatic carbocycles. The molecule has 1 aliphatic rings. The van der Waals surface area contributed by atoms with Crippen LogP contribution in [0.15, 0.2) is 24.3 Å². The van der Waals surface area contributed by atoms with Crippen molar-refractivity contribution >= 4 is 0 Å². The normalized spacial score (nSPS) is 18.2. The second-order valence-electron chi connectivity index (χ2n) is 5.04. The van der Waals surface area contributed by atoms with Crippen LogP contribution in [0.4, 0.5) is 0 Å². The van der Waals surface area contributed by atoms with Gasteiger partial charge in [-0.05, 0) is 36.5 Å². The van der Waals surface area contributed by atoms with Gasteiger partial charge < -0.3 is 14.2 Å². The summed E-state index contributed by atoms with van der Waals surface area (Å²) in [5.41, 5.74) is 1.37. The van der Waals surface area contributed by atoms with Crippen molar-refractivity contribution in [2.45, 2.75) is 45.3 Å². The minimum Gasteiger partial charge on any atom is -0.493 e. The Balaban J connectivity index is 1.73. The summed E-state index contributed by atoms with van der Waals surface area (Å²) in [5.74, 6) is 1.53. The van der Waals surface area contributed by atoms with Crippen LogP contribution in [0.2, 0.25) is 0 Å². The van der Waals surface area contributed by atoms with E-state index >= 15 is 0 Å². The fourth-order valence-corrected chi connectivity index (χ4v) is 2.10. The predicted molar refractivity (Wildman–Crippen MR) is 75.6 cm³/mol. The fraction of sp³-hybridized carbons (Fsp3) is 0.625. The molecular weight excluding hydrogens is 240 g/mol. The third kappa shape index (κ3) is 4.51. The summed E-state index contributed by atoms with van der Waals surface area (Å²) in [6, 6.07) is 8.39. The highest BCUT2D eigenvalue weighted by atomic mass is 16.7. The summed E-state index contributed by atoms with van der Waals surface area (Å²) in [6.07, 6.45) is 2.85. The predicted octanol–water partition coefficient (Wildman–Crippen LogP) is 3.73. The Kier molecular flexibility index (Phi) is 5.67. The van der Waals surface area contributed by atoms with E-state index in [-0.39, 0.29) is 6.29 Å². The van der Waals surface area contributed by atoms with E-state index in [4.69, 9.17) is 14.2 Å². The molecule has 0 aromatic heterocycles. The van der Waals surface area contributed by atoms with E-state index in [1.165, 1.54) is 5.56 Å². The molecule has 1 fully saturated rings. The number of benzene rings is 1. The first kappa shape index (κ1) is 14.4. The first-order valence-electron chi connectivity index (χ1n) is 7.25. The molecule has 2 rings (SSSR count). The molecule has 1 saturated heterocycles.